The average molecular weight is 257 g/mol. The molecule has 74 valence electrons. The Hall–Kier alpha value is -1.17. The highest BCUT2D eigenvalue weighted by Crippen LogP contribution is 2.16. The standard InChI is InChI=1S/C8H9BrN4O/c1-2-3-6-11-7(9)5-4-10-12-8(14)13(5)6/h4H,2-3H2,1H3,(H,12,14). The van der Waals surface area contributed by atoms with Crippen molar-refractivity contribution in [2.24, 2.45) is 0 Å². The van der Waals surface area contributed by atoms with Crippen molar-refractivity contribution in [1.29, 1.82) is 0 Å². The number of hydrogen-bond donors (Lipinski definition) is 1. The first kappa shape index (κ1) is 9.39. The Labute approximate surface area is 88.3 Å². The van der Waals surface area contributed by atoms with Gasteiger partial charge in [0, 0.05) is 6.42 Å². The molecule has 0 aliphatic heterocycles. The van der Waals surface area contributed by atoms with Gasteiger partial charge in [-0.25, -0.2) is 19.3 Å². The molecule has 2 aromatic heterocycles. The molecule has 0 aromatic carbocycles. The van der Waals surface area contributed by atoms with Crippen molar-refractivity contribution >= 4 is 21.4 Å². The Morgan fingerprint density at radius 2 is 2.43 bits per heavy atom. The SMILES string of the molecule is CCCc1nc(Br)c2cn[nH]c(=O)n12. The molecule has 0 aliphatic carbocycles. The summed E-state index contributed by atoms with van der Waals surface area (Å²) in [6.07, 6.45) is 3.31. The van der Waals surface area contributed by atoms with E-state index in [2.05, 4.69) is 31.1 Å². The first-order chi connectivity index (χ1) is 6.74. The zero-order chi connectivity index (χ0) is 10.1. The van der Waals surface area contributed by atoms with Gasteiger partial charge in [-0.1, -0.05) is 6.92 Å². The molecule has 0 radical (unpaired) electrons. The predicted molar refractivity (Wildman–Crippen MR) is 55.3 cm³/mol. The number of H-pyrrole nitrogens is 1. The Bertz CT molecular complexity index is 516. The smallest absolute Gasteiger partial charge is 0.246 e. The van der Waals surface area contributed by atoms with Gasteiger partial charge in [0.1, 0.15) is 15.9 Å². The first-order valence-electron chi connectivity index (χ1n) is 4.34. The molecule has 2 aromatic rings. The van der Waals surface area contributed by atoms with Crippen LogP contribution in [-0.4, -0.2) is 19.6 Å². The zero-order valence-corrected chi connectivity index (χ0v) is 9.21. The quantitative estimate of drug-likeness (QED) is 0.877. The van der Waals surface area contributed by atoms with E-state index in [0.717, 1.165) is 18.7 Å². The highest BCUT2D eigenvalue weighted by atomic mass is 79.9. The summed E-state index contributed by atoms with van der Waals surface area (Å²) in [5.74, 6) is 0.762. The lowest BCUT2D eigenvalue weighted by molar-refractivity contribution is 0.786. The van der Waals surface area contributed by atoms with Crippen molar-refractivity contribution in [3.63, 3.8) is 0 Å². The van der Waals surface area contributed by atoms with Gasteiger partial charge in [0.05, 0.1) is 6.20 Å². The van der Waals surface area contributed by atoms with Crippen LogP contribution in [0.4, 0.5) is 0 Å². The van der Waals surface area contributed by atoms with Crippen molar-refractivity contribution in [2.75, 3.05) is 0 Å². The van der Waals surface area contributed by atoms with E-state index in [9.17, 15) is 4.79 Å². The second kappa shape index (κ2) is 3.53. The third-order valence-electron chi connectivity index (χ3n) is 1.96. The number of aromatic amines is 1. The fourth-order valence-electron chi connectivity index (χ4n) is 1.38. The summed E-state index contributed by atoms with van der Waals surface area (Å²) in [5.41, 5.74) is 0.460. The fourth-order valence-corrected chi connectivity index (χ4v) is 1.86. The molecule has 0 saturated heterocycles. The van der Waals surface area contributed by atoms with Crippen molar-refractivity contribution in [2.45, 2.75) is 19.8 Å². The normalized spacial score (nSPS) is 11.0. The Morgan fingerprint density at radius 3 is 3.14 bits per heavy atom. The summed E-state index contributed by atoms with van der Waals surface area (Å²) >= 11 is 3.30. The highest BCUT2D eigenvalue weighted by molar-refractivity contribution is 9.10. The lowest BCUT2D eigenvalue weighted by atomic mass is 10.3. The second-order valence-electron chi connectivity index (χ2n) is 2.96. The Morgan fingerprint density at radius 1 is 1.64 bits per heavy atom. The Kier molecular flexibility index (Phi) is 2.37. The van der Waals surface area contributed by atoms with E-state index < -0.39 is 0 Å². The van der Waals surface area contributed by atoms with Gasteiger partial charge in [-0.2, -0.15) is 5.10 Å². The number of imidazole rings is 1. The highest BCUT2D eigenvalue weighted by Gasteiger charge is 2.10. The van der Waals surface area contributed by atoms with E-state index in [1.807, 2.05) is 6.92 Å². The molecule has 2 heterocycles. The molecular weight excluding hydrogens is 248 g/mol. The van der Waals surface area contributed by atoms with Crippen molar-refractivity contribution in [3.8, 4) is 0 Å². The van der Waals surface area contributed by atoms with E-state index in [1.54, 1.807) is 10.6 Å². The molecule has 0 spiro atoms. The molecule has 0 amide bonds. The molecule has 0 bridgehead atoms. The van der Waals surface area contributed by atoms with Gasteiger partial charge in [-0.05, 0) is 22.4 Å². The largest absolute Gasteiger partial charge is 0.347 e. The predicted octanol–water partition coefficient (Wildman–Crippen LogP) is 1.13. The minimum Gasteiger partial charge on any atom is -0.246 e. The van der Waals surface area contributed by atoms with Gasteiger partial charge in [-0.15, -0.1) is 0 Å². The van der Waals surface area contributed by atoms with Gasteiger partial charge in [-0.3, -0.25) is 0 Å². The van der Waals surface area contributed by atoms with E-state index in [0.29, 0.717) is 10.1 Å². The molecule has 0 aliphatic rings. The van der Waals surface area contributed by atoms with Gasteiger partial charge in [0.25, 0.3) is 0 Å². The van der Waals surface area contributed by atoms with Crippen LogP contribution in [0.2, 0.25) is 0 Å². The van der Waals surface area contributed by atoms with Crippen LogP contribution in [0.5, 0.6) is 0 Å². The number of halogens is 1. The van der Waals surface area contributed by atoms with Gasteiger partial charge in [0.2, 0.25) is 0 Å². The molecule has 14 heavy (non-hydrogen) atoms. The molecule has 5 nitrogen and oxygen atoms in total. The van der Waals surface area contributed by atoms with Gasteiger partial charge in [0.15, 0.2) is 0 Å². The average Bonchev–Trinajstić information content (AvgIpc) is 2.46. The number of aryl methyl sites for hydroxylation is 1. The number of hydrogen-bond acceptors (Lipinski definition) is 3. The summed E-state index contributed by atoms with van der Waals surface area (Å²) in [4.78, 5) is 15.7. The zero-order valence-electron chi connectivity index (χ0n) is 7.62. The van der Waals surface area contributed by atoms with Crippen molar-refractivity contribution in [3.05, 3.63) is 27.1 Å². The van der Waals surface area contributed by atoms with Crippen LogP contribution in [0.25, 0.3) is 5.52 Å². The van der Waals surface area contributed by atoms with Crippen molar-refractivity contribution < 1.29 is 0 Å². The lowest BCUT2D eigenvalue weighted by Gasteiger charge is -1.95. The van der Waals surface area contributed by atoms with E-state index in [1.165, 1.54) is 0 Å². The van der Waals surface area contributed by atoms with E-state index in [-0.39, 0.29) is 5.69 Å². The van der Waals surface area contributed by atoms with Crippen LogP contribution in [0, 0.1) is 0 Å². The van der Waals surface area contributed by atoms with Crippen molar-refractivity contribution in [1.82, 2.24) is 19.6 Å². The molecule has 0 saturated carbocycles. The maximum Gasteiger partial charge on any atom is 0.347 e. The summed E-state index contributed by atoms with van der Waals surface area (Å²) in [6.45, 7) is 2.05. The third kappa shape index (κ3) is 1.35. The monoisotopic (exact) mass is 256 g/mol. The summed E-state index contributed by atoms with van der Waals surface area (Å²) < 4.78 is 2.21. The first-order valence-corrected chi connectivity index (χ1v) is 5.14. The van der Waals surface area contributed by atoms with Crippen LogP contribution >= 0.6 is 15.9 Å². The maximum atomic E-state index is 11.5. The molecule has 0 atom stereocenters. The number of aromatic nitrogens is 4. The summed E-state index contributed by atoms with van der Waals surface area (Å²) in [7, 11) is 0. The fraction of sp³-hybridized carbons (Fsp3) is 0.375. The van der Waals surface area contributed by atoms with Crippen LogP contribution in [0.15, 0.2) is 15.6 Å². The second-order valence-corrected chi connectivity index (χ2v) is 3.72. The Balaban J connectivity index is 2.79. The van der Waals surface area contributed by atoms with Crippen LogP contribution in [-0.2, 0) is 6.42 Å². The van der Waals surface area contributed by atoms with Crippen LogP contribution < -0.4 is 5.69 Å². The van der Waals surface area contributed by atoms with E-state index in [4.69, 9.17) is 0 Å². The molecule has 2 rings (SSSR count). The topological polar surface area (TPSA) is 63.0 Å². The number of rotatable bonds is 2. The lowest BCUT2D eigenvalue weighted by Crippen LogP contribution is -2.19. The summed E-state index contributed by atoms with van der Waals surface area (Å²) in [5, 5.41) is 6.10. The minimum atomic E-state index is -0.246. The number of nitrogens with zero attached hydrogens (tertiary/aromatic N) is 3. The summed E-state index contributed by atoms with van der Waals surface area (Å²) in [6, 6.07) is 0. The molecule has 0 fully saturated rings. The maximum absolute atomic E-state index is 11.5. The number of nitrogens with one attached hydrogen (secondary N) is 1. The third-order valence-corrected chi connectivity index (χ3v) is 2.54. The van der Waals surface area contributed by atoms with Gasteiger partial charge >= 0.3 is 5.69 Å². The van der Waals surface area contributed by atoms with Crippen LogP contribution in [0.1, 0.15) is 19.2 Å². The van der Waals surface area contributed by atoms with E-state index >= 15 is 0 Å². The molecule has 6 heteroatoms. The minimum absolute atomic E-state index is 0.246. The van der Waals surface area contributed by atoms with Gasteiger partial charge < -0.3 is 0 Å². The molecular formula is C8H9BrN4O. The molecule has 0 unspecified atom stereocenters. The van der Waals surface area contributed by atoms with Crippen LogP contribution in [0.3, 0.4) is 0 Å². The molecule has 1 N–H and O–H groups in total. The number of fused-ring (bicyclic) bond motifs is 1.